The smallest absolute Gasteiger partial charge is 0.113 e. The summed E-state index contributed by atoms with van der Waals surface area (Å²) < 4.78 is 2.43. The first-order chi connectivity index (χ1) is 9.87. The highest BCUT2D eigenvalue weighted by atomic mass is 32.2. The monoisotopic (exact) mass is 300 g/mol. The average Bonchev–Trinajstić information content (AvgIpc) is 2.82. The van der Waals surface area contributed by atoms with Gasteiger partial charge in [-0.1, -0.05) is 51.7 Å². The third kappa shape index (κ3) is 6.43. The van der Waals surface area contributed by atoms with Gasteiger partial charge in [-0.3, -0.25) is 0 Å². The predicted octanol–water partition coefficient (Wildman–Crippen LogP) is 4.09. The molecule has 0 aliphatic heterocycles. The lowest BCUT2D eigenvalue weighted by molar-refractivity contribution is 0.806. The van der Waals surface area contributed by atoms with Crippen molar-refractivity contribution in [2.75, 3.05) is 6.26 Å². The quantitative estimate of drug-likeness (QED) is 0.794. The van der Waals surface area contributed by atoms with Gasteiger partial charge in [-0.15, -0.1) is 0 Å². The summed E-state index contributed by atoms with van der Waals surface area (Å²) in [6, 6.07) is 3.81. The van der Waals surface area contributed by atoms with E-state index >= 15 is 0 Å². The van der Waals surface area contributed by atoms with Crippen LogP contribution in [-0.2, 0) is 0 Å². The highest BCUT2D eigenvalue weighted by Crippen LogP contribution is 2.18. The van der Waals surface area contributed by atoms with Crippen molar-refractivity contribution in [2.45, 2.75) is 45.3 Å². The van der Waals surface area contributed by atoms with E-state index < -0.39 is 0 Å². The topological polar surface area (TPSA) is 17.3 Å². The first kappa shape index (κ1) is 17.9. The molecule has 21 heavy (non-hydrogen) atoms. The Bertz CT molecular complexity index is 582. The van der Waals surface area contributed by atoms with Crippen LogP contribution in [0.15, 0.2) is 30.7 Å². The molecule has 0 unspecified atom stereocenters. The predicted molar refractivity (Wildman–Crippen MR) is 97.8 cm³/mol. The maximum absolute atomic E-state index is 5.74. The van der Waals surface area contributed by atoms with Crippen LogP contribution < -0.4 is 5.46 Å². The van der Waals surface area contributed by atoms with Crippen LogP contribution in [0.4, 0.5) is 0 Å². The van der Waals surface area contributed by atoms with Gasteiger partial charge in [0.1, 0.15) is 7.85 Å². The summed E-state index contributed by atoms with van der Waals surface area (Å²) in [4.78, 5) is 4.33. The number of hydrogen-bond acceptors (Lipinski definition) is 2. The zero-order chi connectivity index (χ0) is 15.9. The van der Waals surface area contributed by atoms with Gasteiger partial charge in [-0.25, -0.2) is 4.98 Å². The third-order valence-electron chi connectivity index (χ3n) is 2.94. The Hall–Kier alpha value is -1.16. The van der Waals surface area contributed by atoms with Crippen molar-refractivity contribution in [2.24, 2.45) is 0 Å². The van der Waals surface area contributed by atoms with Gasteiger partial charge in [0.05, 0.1) is 17.5 Å². The highest BCUT2D eigenvalue weighted by molar-refractivity contribution is 7.99. The Labute approximate surface area is 134 Å². The lowest BCUT2D eigenvalue weighted by Crippen LogP contribution is -2.04. The summed E-state index contributed by atoms with van der Waals surface area (Å²) in [6.45, 7) is 8.78. The summed E-state index contributed by atoms with van der Waals surface area (Å²) >= 11 is 1.88. The van der Waals surface area contributed by atoms with Gasteiger partial charge < -0.3 is 4.40 Å². The van der Waals surface area contributed by atoms with E-state index in [1.54, 1.807) is 6.33 Å². The third-order valence-corrected chi connectivity index (χ3v) is 4.16. The molecule has 0 N–H and O–H groups in total. The fraction of sp³-hybridized carbons (Fsp3) is 0.471. The fourth-order valence-corrected chi connectivity index (χ4v) is 1.51. The number of nitrogens with zero attached hydrogens (tertiary/aromatic N) is 2. The summed E-state index contributed by atoms with van der Waals surface area (Å²) in [5, 5.41) is 0. The molecule has 2 rings (SSSR count). The Balaban J connectivity index is 0.000000315. The standard InChI is InChI=1S/C12H13BN2.C5H12S/c1-2-3-4-5-11-12-8-10(13)6-7-15(12)9-14-11;1-5(2,3)6-4/h4-9H,2-3H2,1H3;1-4H3/b5-4+;. The normalized spacial score (nSPS) is 11.7. The van der Waals surface area contributed by atoms with Crippen molar-refractivity contribution < 1.29 is 0 Å². The molecule has 0 saturated heterocycles. The van der Waals surface area contributed by atoms with E-state index in [0.29, 0.717) is 4.75 Å². The van der Waals surface area contributed by atoms with E-state index in [1.807, 2.05) is 34.5 Å². The Morgan fingerprint density at radius 2 is 2.05 bits per heavy atom. The molecule has 0 aromatic carbocycles. The summed E-state index contributed by atoms with van der Waals surface area (Å²) in [7, 11) is 5.74. The van der Waals surface area contributed by atoms with Crippen LogP contribution in [0.2, 0.25) is 0 Å². The zero-order valence-corrected chi connectivity index (χ0v) is 14.6. The Morgan fingerprint density at radius 1 is 1.38 bits per heavy atom. The molecule has 2 nitrogen and oxygen atoms in total. The fourth-order valence-electron chi connectivity index (χ4n) is 1.51. The van der Waals surface area contributed by atoms with Crippen molar-refractivity contribution in [3.05, 3.63) is 36.4 Å². The van der Waals surface area contributed by atoms with Gasteiger partial charge in [0.15, 0.2) is 0 Å². The van der Waals surface area contributed by atoms with Gasteiger partial charge in [-0.2, -0.15) is 11.8 Å². The molecule has 4 heteroatoms. The molecule has 0 fully saturated rings. The molecular weight excluding hydrogens is 275 g/mol. The maximum Gasteiger partial charge on any atom is 0.113 e. The first-order valence-corrected chi connectivity index (χ1v) is 8.53. The molecule has 2 heterocycles. The summed E-state index contributed by atoms with van der Waals surface area (Å²) in [6.07, 6.45) is 12.3. The van der Waals surface area contributed by atoms with Crippen LogP contribution in [0.3, 0.4) is 0 Å². The van der Waals surface area contributed by atoms with Crippen LogP contribution in [-0.4, -0.2) is 28.2 Å². The molecule has 0 aliphatic rings. The van der Waals surface area contributed by atoms with Gasteiger partial charge in [0.2, 0.25) is 0 Å². The summed E-state index contributed by atoms with van der Waals surface area (Å²) in [5.41, 5.74) is 2.81. The first-order valence-electron chi connectivity index (χ1n) is 7.31. The van der Waals surface area contributed by atoms with Crippen molar-refractivity contribution in [3.63, 3.8) is 0 Å². The van der Waals surface area contributed by atoms with E-state index in [2.05, 4.69) is 51.1 Å². The number of rotatable bonds is 3. The zero-order valence-electron chi connectivity index (χ0n) is 13.8. The van der Waals surface area contributed by atoms with E-state index in [4.69, 9.17) is 7.85 Å². The Morgan fingerprint density at radius 3 is 2.62 bits per heavy atom. The number of allylic oxidation sites excluding steroid dienone is 1. The number of unbranched alkanes of at least 4 members (excludes halogenated alkanes) is 1. The van der Waals surface area contributed by atoms with Crippen LogP contribution >= 0.6 is 11.8 Å². The molecule has 2 aromatic rings. The number of hydrogen-bond donors (Lipinski definition) is 0. The minimum absolute atomic E-state index is 0.458. The molecule has 0 amide bonds. The lowest BCUT2D eigenvalue weighted by Gasteiger charge is -2.12. The SMILES string of the molecule is CSC(C)(C)C.[B]c1ccn2cnc(/C=C/CCC)c2c1. The minimum Gasteiger partial charge on any atom is -0.306 e. The number of thioether (sulfide) groups is 1. The van der Waals surface area contributed by atoms with E-state index in [-0.39, 0.29) is 0 Å². The number of pyridine rings is 1. The Kier molecular flexibility index (Phi) is 7.10. The number of aromatic nitrogens is 2. The van der Waals surface area contributed by atoms with Crippen molar-refractivity contribution in [1.29, 1.82) is 0 Å². The molecule has 2 aromatic heterocycles. The van der Waals surface area contributed by atoms with Crippen LogP contribution in [0.25, 0.3) is 11.6 Å². The van der Waals surface area contributed by atoms with Crippen molar-refractivity contribution in [1.82, 2.24) is 9.38 Å². The second-order valence-electron chi connectivity index (χ2n) is 5.89. The maximum atomic E-state index is 5.74. The molecule has 0 atom stereocenters. The van der Waals surface area contributed by atoms with Crippen LogP contribution in [0, 0.1) is 0 Å². The molecule has 2 radical (unpaired) electrons. The molecule has 0 aliphatic carbocycles. The van der Waals surface area contributed by atoms with Crippen LogP contribution in [0.1, 0.15) is 46.2 Å². The van der Waals surface area contributed by atoms with Gasteiger partial charge in [0.25, 0.3) is 0 Å². The second kappa shape index (κ2) is 8.33. The lowest BCUT2D eigenvalue weighted by atomic mass is 9.97. The largest absolute Gasteiger partial charge is 0.306 e. The van der Waals surface area contributed by atoms with Crippen molar-refractivity contribution in [3.8, 4) is 0 Å². The number of fused-ring (bicyclic) bond motifs is 1. The van der Waals surface area contributed by atoms with E-state index in [1.165, 1.54) is 0 Å². The van der Waals surface area contributed by atoms with E-state index in [0.717, 1.165) is 29.5 Å². The molecule has 0 spiro atoms. The molecule has 0 saturated carbocycles. The summed E-state index contributed by atoms with van der Waals surface area (Å²) in [5.74, 6) is 0. The highest BCUT2D eigenvalue weighted by Gasteiger charge is 2.04. The van der Waals surface area contributed by atoms with Gasteiger partial charge >= 0.3 is 0 Å². The minimum atomic E-state index is 0.458. The molecule has 112 valence electrons. The molecule has 0 bridgehead atoms. The second-order valence-corrected chi connectivity index (χ2v) is 7.52. The average molecular weight is 300 g/mol. The van der Waals surface area contributed by atoms with Crippen molar-refractivity contribution >= 4 is 36.7 Å². The van der Waals surface area contributed by atoms with Gasteiger partial charge in [-0.05, 0) is 24.8 Å². The van der Waals surface area contributed by atoms with E-state index in [9.17, 15) is 0 Å². The van der Waals surface area contributed by atoms with Crippen LogP contribution in [0.5, 0.6) is 0 Å². The number of imidazole rings is 1. The molecular formula is C17H25BN2S. The van der Waals surface area contributed by atoms with Gasteiger partial charge in [0, 0.05) is 10.9 Å².